The van der Waals surface area contributed by atoms with Crippen molar-refractivity contribution in [2.24, 2.45) is 22.7 Å². The van der Waals surface area contributed by atoms with Crippen molar-refractivity contribution >= 4 is 5.97 Å². The summed E-state index contributed by atoms with van der Waals surface area (Å²) in [4.78, 5) is 12.4. The van der Waals surface area contributed by atoms with Crippen molar-refractivity contribution in [2.75, 3.05) is 0 Å². The summed E-state index contributed by atoms with van der Waals surface area (Å²) in [5.74, 6) is 0.770. The van der Waals surface area contributed by atoms with Crippen LogP contribution < -0.4 is 0 Å². The molecule has 2 saturated carbocycles. The molecule has 18 heavy (non-hydrogen) atoms. The molecule has 0 aromatic heterocycles. The second kappa shape index (κ2) is 3.49. The molecule has 1 heterocycles. The van der Waals surface area contributed by atoms with Gasteiger partial charge in [-0.1, -0.05) is 32.1 Å². The maximum absolute atomic E-state index is 12.4. The van der Waals surface area contributed by atoms with Crippen molar-refractivity contribution in [3.05, 3.63) is 24.8 Å². The van der Waals surface area contributed by atoms with Crippen molar-refractivity contribution in [1.82, 2.24) is 0 Å². The van der Waals surface area contributed by atoms with Gasteiger partial charge in [-0.2, -0.15) is 0 Å². The highest BCUT2D eigenvalue weighted by Gasteiger charge is 2.65. The molecule has 3 aliphatic rings. The van der Waals surface area contributed by atoms with E-state index in [1.54, 1.807) is 0 Å². The molecule has 2 bridgehead atoms. The lowest BCUT2D eigenvalue weighted by molar-refractivity contribution is -0.149. The molecule has 3 rings (SSSR count). The predicted molar refractivity (Wildman–Crippen MR) is 70.9 cm³/mol. The smallest absolute Gasteiger partial charge is 0.313 e. The highest BCUT2D eigenvalue weighted by atomic mass is 16.6. The van der Waals surface area contributed by atoms with Gasteiger partial charge in [-0.3, -0.25) is 4.79 Å². The van der Waals surface area contributed by atoms with Gasteiger partial charge in [0.1, 0.15) is 6.10 Å². The van der Waals surface area contributed by atoms with E-state index in [1.165, 1.54) is 5.57 Å². The largest absolute Gasteiger partial charge is 0.461 e. The van der Waals surface area contributed by atoms with Crippen molar-refractivity contribution in [3.63, 3.8) is 0 Å². The van der Waals surface area contributed by atoms with Crippen LogP contribution in [-0.2, 0) is 9.53 Å². The summed E-state index contributed by atoms with van der Waals surface area (Å²) >= 11 is 0. The number of fused-ring (bicyclic) bond motifs is 1. The maximum atomic E-state index is 12.4. The number of rotatable bonds is 2. The Kier molecular flexibility index (Phi) is 2.33. The van der Waals surface area contributed by atoms with E-state index < -0.39 is 0 Å². The van der Waals surface area contributed by atoms with E-state index in [-0.39, 0.29) is 28.8 Å². The number of ether oxygens (including phenoxy) is 1. The highest BCUT2D eigenvalue weighted by Crippen LogP contribution is 2.65. The van der Waals surface area contributed by atoms with Gasteiger partial charge < -0.3 is 4.74 Å². The van der Waals surface area contributed by atoms with Crippen LogP contribution in [0.2, 0.25) is 0 Å². The molecule has 0 N–H and O–H groups in total. The highest BCUT2D eigenvalue weighted by molar-refractivity contribution is 5.81. The minimum atomic E-state index is -0.344. The second-order valence-electron chi connectivity index (χ2n) is 6.65. The SMILES string of the molecule is C=CC[C@]12CCC3(C)C(=C)[C@H]1[C@@H](CC3C)OC2=O. The summed E-state index contributed by atoms with van der Waals surface area (Å²) in [6, 6.07) is 0. The van der Waals surface area contributed by atoms with E-state index in [4.69, 9.17) is 4.74 Å². The summed E-state index contributed by atoms with van der Waals surface area (Å²) in [6.07, 6.45) is 5.64. The molecule has 5 atom stereocenters. The van der Waals surface area contributed by atoms with Crippen LogP contribution in [0.1, 0.15) is 39.5 Å². The normalized spacial score (nSPS) is 50.0. The minimum Gasteiger partial charge on any atom is -0.461 e. The van der Waals surface area contributed by atoms with Crippen LogP contribution in [0.4, 0.5) is 0 Å². The van der Waals surface area contributed by atoms with Crippen molar-refractivity contribution in [2.45, 2.75) is 45.6 Å². The molecule has 0 aromatic rings. The first-order chi connectivity index (χ1) is 8.45. The van der Waals surface area contributed by atoms with Gasteiger partial charge in [-0.05, 0) is 37.0 Å². The first-order valence-corrected chi connectivity index (χ1v) is 6.97. The van der Waals surface area contributed by atoms with Crippen molar-refractivity contribution < 1.29 is 9.53 Å². The molecular formula is C16H22O2. The lowest BCUT2D eigenvalue weighted by Crippen LogP contribution is -2.51. The van der Waals surface area contributed by atoms with Crippen LogP contribution >= 0.6 is 0 Å². The molecule has 0 amide bonds. The van der Waals surface area contributed by atoms with Crippen LogP contribution in [0.5, 0.6) is 0 Å². The average Bonchev–Trinajstić information content (AvgIpc) is 2.59. The third-order valence-electron chi connectivity index (χ3n) is 6.01. The number of allylic oxidation sites excluding steroid dienone is 1. The molecule has 3 fully saturated rings. The Morgan fingerprint density at radius 2 is 2.22 bits per heavy atom. The molecule has 2 nitrogen and oxygen atoms in total. The van der Waals surface area contributed by atoms with E-state index in [0.717, 1.165) is 25.7 Å². The van der Waals surface area contributed by atoms with Crippen LogP contribution in [0.15, 0.2) is 24.8 Å². The number of carbonyl (C=O) groups excluding carboxylic acids is 1. The number of hydrogen-bond acceptors (Lipinski definition) is 2. The Hall–Kier alpha value is -1.05. The zero-order chi connectivity index (χ0) is 13.1. The van der Waals surface area contributed by atoms with E-state index in [1.807, 2.05) is 6.08 Å². The lowest BCUT2D eigenvalue weighted by Gasteiger charge is -2.54. The van der Waals surface area contributed by atoms with Crippen LogP contribution in [0, 0.1) is 22.7 Å². The Balaban J connectivity index is 2.09. The number of carbonyl (C=O) groups is 1. The molecule has 0 radical (unpaired) electrons. The third kappa shape index (κ3) is 1.17. The third-order valence-corrected chi connectivity index (χ3v) is 6.01. The zero-order valence-corrected chi connectivity index (χ0v) is 11.4. The van der Waals surface area contributed by atoms with Crippen LogP contribution in [-0.4, -0.2) is 12.1 Å². The first kappa shape index (κ1) is 12.0. The van der Waals surface area contributed by atoms with Gasteiger partial charge in [0.05, 0.1) is 5.41 Å². The Bertz CT molecular complexity index is 438. The molecule has 98 valence electrons. The van der Waals surface area contributed by atoms with Gasteiger partial charge in [-0.15, -0.1) is 6.58 Å². The van der Waals surface area contributed by atoms with Gasteiger partial charge >= 0.3 is 5.97 Å². The predicted octanol–water partition coefficient (Wildman–Crippen LogP) is 3.49. The van der Waals surface area contributed by atoms with E-state index in [0.29, 0.717) is 5.92 Å². The van der Waals surface area contributed by atoms with Gasteiger partial charge in [0, 0.05) is 5.92 Å². The molecule has 0 aromatic carbocycles. The van der Waals surface area contributed by atoms with Crippen LogP contribution in [0.3, 0.4) is 0 Å². The fourth-order valence-electron chi connectivity index (χ4n) is 4.55. The second-order valence-corrected chi connectivity index (χ2v) is 6.65. The fourth-order valence-corrected chi connectivity index (χ4v) is 4.55. The zero-order valence-electron chi connectivity index (χ0n) is 11.4. The molecule has 2 unspecified atom stereocenters. The lowest BCUT2D eigenvalue weighted by atomic mass is 9.48. The summed E-state index contributed by atoms with van der Waals surface area (Å²) in [5.41, 5.74) is 1.10. The summed E-state index contributed by atoms with van der Waals surface area (Å²) in [5, 5.41) is 0. The molecule has 1 aliphatic heterocycles. The van der Waals surface area contributed by atoms with Crippen LogP contribution in [0.25, 0.3) is 0 Å². The van der Waals surface area contributed by atoms with E-state index in [2.05, 4.69) is 27.0 Å². The Morgan fingerprint density at radius 3 is 2.89 bits per heavy atom. The minimum absolute atomic E-state index is 0.00491. The van der Waals surface area contributed by atoms with Crippen molar-refractivity contribution in [3.8, 4) is 0 Å². The van der Waals surface area contributed by atoms with Gasteiger partial charge in [0.2, 0.25) is 0 Å². The van der Waals surface area contributed by atoms with Gasteiger partial charge in [-0.25, -0.2) is 0 Å². The van der Waals surface area contributed by atoms with Crippen molar-refractivity contribution in [1.29, 1.82) is 0 Å². The quantitative estimate of drug-likeness (QED) is 0.550. The summed E-state index contributed by atoms with van der Waals surface area (Å²) in [6.45, 7) is 12.8. The topological polar surface area (TPSA) is 26.3 Å². The van der Waals surface area contributed by atoms with E-state index in [9.17, 15) is 4.79 Å². The van der Waals surface area contributed by atoms with E-state index >= 15 is 0 Å². The molecule has 1 saturated heterocycles. The average molecular weight is 246 g/mol. The summed E-state index contributed by atoms with van der Waals surface area (Å²) < 4.78 is 5.69. The molecule has 2 heteroatoms. The maximum Gasteiger partial charge on any atom is 0.313 e. The number of hydrogen-bond donors (Lipinski definition) is 0. The number of esters is 1. The molecule has 2 aliphatic carbocycles. The Morgan fingerprint density at radius 1 is 1.50 bits per heavy atom. The van der Waals surface area contributed by atoms with Gasteiger partial charge in [0.15, 0.2) is 0 Å². The molecular weight excluding hydrogens is 224 g/mol. The van der Waals surface area contributed by atoms with Gasteiger partial charge in [0.25, 0.3) is 0 Å². The first-order valence-electron chi connectivity index (χ1n) is 6.97. The fraction of sp³-hybridized carbons (Fsp3) is 0.688. The standard InChI is InChI=1S/C16H22O2/c1-5-6-16-8-7-15(4)10(2)9-12(18-14(16)17)13(16)11(15)3/h5,10,12-13H,1,3,6-9H2,2,4H3/t10?,12-,13+,15?,16+/m1/s1. The molecule has 0 spiro atoms. The summed E-state index contributed by atoms with van der Waals surface area (Å²) in [7, 11) is 0. The Labute approximate surface area is 109 Å². The monoisotopic (exact) mass is 246 g/mol.